The molecule has 0 fully saturated rings. The average molecular weight is 192 g/mol. The van der Waals surface area contributed by atoms with E-state index in [-0.39, 0.29) is 0 Å². The molecule has 0 saturated carbocycles. The van der Waals surface area contributed by atoms with Gasteiger partial charge < -0.3 is 10.6 Å². The lowest BCUT2D eigenvalue weighted by Crippen LogP contribution is -1.85. The Morgan fingerprint density at radius 2 is 1.00 bits per heavy atom. The van der Waals surface area contributed by atoms with Crippen LogP contribution in [0, 0.1) is 0 Å². The lowest BCUT2D eigenvalue weighted by atomic mass is 11.0. The van der Waals surface area contributed by atoms with Gasteiger partial charge in [0, 0.05) is 0 Å². The van der Waals surface area contributed by atoms with Crippen LogP contribution in [0.5, 0.6) is 0 Å². The molecule has 0 aliphatic rings. The Bertz CT molecular complexity index is 48.2. The fourth-order valence-corrected chi connectivity index (χ4v) is 0. The molecular formula is C10H28N2O. The summed E-state index contributed by atoms with van der Waals surface area (Å²) in [6.45, 7) is 18.3. The molecule has 0 aromatic carbocycles. The minimum Gasteiger partial charge on any atom is -0.420 e. The highest BCUT2D eigenvalue weighted by Crippen LogP contribution is 1.45. The van der Waals surface area contributed by atoms with E-state index in [2.05, 4.69) is 29.6 Å². The molecule has 0 saturated heterocycles. The Kier molecular flexibility index (Phi) is 609. The topological polar surface area (TPSA) is 61.3 Å². The molecule has 0 bridgehead atoms. The summed E-state index contributed by atoms with van der Waals surface area (Å²) in [6, 6.07) is 0. The fraction of sp³-hybridized carbons (Fsp3) is 0.600. The molecule has 0 rings (SSSR count). The van der Waals surface area contributed by atoms with Crippen molar-refractivity contribution in [3.63, 3.8) is 0 Å². The highest BCUT2D eigenvalue weighted by molar-refractivity contribution is 4.48. The second-order valence-electron chi connectivity index (χ2n) is 0.538. The van der Waals surface area contributed by atoms with Crippen LogP contribution in [-0.4, -0.2) is 0 Å². The van der Waals surface area contributed by atoms with E-state index in [9.17, 15) is 0 Å². The molecule has 13 heavy (non-hydrogen) atoms. The molecule has 4 N–H and O–H groups in total. The number of rotatable bonds is 1. The van der Waals surface area contributed by atoms with E-state index in [1.165, 1.54) is 6.20 Å². The van der Waals surface area contributed by atoms with E-state index >= 15 is 0 Å². The maximum atomic E-state index is 4.61. The summed E-state index contributed by atoms with van der Waals surface area (Å²) in [5.41, 5.74) is 4.61. The highest BCUT2D eigenvalue weighted by Gasteiger charge is 1.35. The van der Waals surface area contributed by atoms with Crippen LogP contribution < -0.4 is 11.6 Å². The molecule has 0 unspecified atom stereocenters. The zero-order chi connectivity index (χ0) is 12.1. The summed E-state index contributed by atoms with van der Waals surface area (Å²) in [5, 5.41) is 0. The molecule has 0 aliphatic heterocycles. The van der Waals surface area contributed by atoms with Crippen LogP contribution in [0.1, 0.15) is 41.5 Å². The molecule has 0 radical (unpaired) electrons. The smallest absolute Gasteiger partial charge is 0.103 e. The second-order valence-corrected chi connectivity index (χ2v) is 0.538. The number of hydrogen-bond acceptors (Lipinski definition) is 3. The molecular weight excluding hydrogens is 164 g/mol. The molecule has 0 heterocycles. The van der Waals surface area contributed by atoms with Gasteiger partial charge in [-0.2, -0.15) is 5.90 Å². The fourth-order valence-electron chi connectivity index (χ4n) is 0. The largest absolute Gasteiger partial charge is 0.420 e. The van der Waals surface area contributed by atoms with Crippen LogP contribution in [0.25, 0.3) is 0 Å². The van der Waals surface area contributed by atoms with E-state index in [1.807, 2.05) is 41.5 Å². The van der Waals surface area contributed by atoms with Crippen LogP contribution in [0.15, 0.2) is 25.6 Å². The van der Waals surface area contributed by atoms with Gasteiger partial charge in [-0.15, -0.1) is 0 Å². The van der Waals surface area contributed by atoms with Crippen molar-refractivity contribution in [3.05, 3.63) is 25.6 Å². The van der Waals surface area contributed by atoms with Crippen LogP contribution in [0.2, 0.25) is 0 Å². The van der Waals surface area contributed by atoms with E-state index < -0.39 is 0 Å². The summed E-state index contributed by atoms with van der Waals surface area (Å²) in [7, 11) is 0. The van der Waals surface area contributed by atoms with Gasteiger partial charge in [-0.1, -0.05) is 54.7 Å². The first-order valence-corrected chi connectivity index (χ1v) is 4.62. The number of nitrogens with two attached hydrogens (primary N) is 2. The van der Waals surface area contributed by atoms with Gasteiger partial charge in [0.15, 0.2) is 0 Å². The predicted octanol–water partition coefficient (Wildman–Crippen LogP) is 3.19. The van der Waals surface area contributed by atoms with Crippen LogP contribution in [-0.2, 0) is 4.84 Å². The third-order valence-corrected chi connectivity index (χ3v) is 0.0962. The lowest BCUT2D eigenvalue weighted by molar-refractivity contribution is 0.262. The van der Waals surface area contributed by atoms with Gasteiger partial charge in [0.2, 0.25) is 0 Å². The molecule has 3 nitrogen and oxygen atoms in total. The standard InChI is InChI=1S/C2H5NO.C2H5N.3C2H6/c1-2-4-3;1-2-3;3*1-2/h2H,1,3H2;2H,1,3H2;3*1-2H3. The monoisotopic (exact) mass is 192 g/mol. The molecule has 0 aromatic heterocycles. The lowest BCUT2D eigenvalue weighted by Gasteiger charge is -1.72. The SMILES string of the molecule is C=CN.C=CON.CC.CC.CC. The molecule has 0 aromatic rings. The molecule has 0 aliphatic carbocycles. The first-order valence-electron chi connectivity index (χ1n) is 4.62. The third-order valence-electron chi connectivity index (χ3n) is 0.0962. The number of hydrogen-bond donors (Lipinski definition) is 2. The molecule has 0 atom stereocenters. The Morgan fingerprint density at radius 1 is 0.923 bits per heavy atom. The third kappa shape index (κ3) is 564000. The van der Waals surface area contributed by atoms with Gasteiger partial charge >= 0.3 is 0 Å². The van der Waals surface area contributed by atoms with E-state index in [1.54, 1.807) is 0 Å². The van der Waals surface area contributed by atoms with Crippen molar-refractivity contribution in [3.8, 4) is 0 Å². The maximum absolute atomic E-state index is 4.61. The zero-order valence-corrected chi connectivity index (χ0v) is 10.1. The van der Waals surface area contributed by atoms with Gasteiger partial charge in [-0.25, -0.2) is 0 Å². The van der Waals surface area contributed by atoms with Crippen molar-refractivity contribution < 1.29 is 4.84 Å². The van der Waals surface area contributed by atoms with Crippen LogP contribution in [0.3, 0.4) is 0 Å². The molecule has 3 heteroatoms. The van der Waals surface area contributed by atoms with Gasteiger partial charge in [-0.3, -0.25) is 0 Å². The normalized spacial score (nSPS) is 3.92. The van der Waals surface area contributed by atoms with Crippen molar-refractivity contribution in [1.82, 2.24) is 0 Å². The van der Waals surface area contributed by atoms with E-state index in [0.717, 1.165) is 6.26 Å². The van der Waals surface area contributed by atoms with Crippen molar-refractivity contribution in [1.29, 1.82) is 0 Å². The quantitative estimate of drug-likeness (QED) is 0.495. The summed E-state index contributed by atoms with van der Waals surface area (Å²) in [5.74, 6) is 4.41. The Balaban J connectivity index is -0.0000000215. The van der Waals surface area contributed by atoms with Gasteiger partial charge in [0.25, 0.3) is 0 Å². The summed E-state index contributed by atoms with van der Waals surface area (Å²) in [4.78, 5) is 3.81. The second kappa shape index (κ2) is 267. The maximum Gasteiger partial charge on any atom is 0.103 e. The minimum atomic E-state index is 1.15. The zero-order valence-electron chi connectivity index (χ0n) is 10.1. The van der Waals surface area contributed by atoms with E-state index in [0.29, 0.717) is 0 Å². The summed E-state index contributed by atoms with van der Waals surface area (Å²) < 4.78 is 0. The van der Waals surface area contributed by atoms with Crippen LogP contribution in [0.4, 0.5) is 0 Å². The first kappa shape index (κ1) is 29.6. The molecule has 0 amide bonds. The Labute approximate surface area is 84.4 Å². The van der Waals surface area contributed by atoms with Crippen molar-refractivity contribution in [2.24, 2.45) is 11.6 Å². The first-order chi connectivity index (χ1) is 6.33. The van der Waals surface area contributed by atoms with E-state index in [4.69, 9.17) is 0 Å². The van der Waals surface area contributed by atoms with Gasteiger partial charge in [0.1, 0.15) is 6.26 Å². The average Bonchev–Trinajstić information content (AvgIpc) is 2.27. The summed E-state index contributed by atoms with van der Waals surface area (Å²) >= 11 is 0. The van der Waals surface area contributed by atoms with Gasteiger partial charge in [0.05, 0.1) is 0 Å². The highest BCUT2D eigenvalue weighted by atomic mass is 16.6. The molecule has 0 spiro atoms. The van der Waals surface area contributed by atoms with Crippen molar-refractivity contribution in [2.75, 3.05) is 0 Å². The predicted molar refractivity (Wildman–Crippen MR) is 63.9 cm³/mol. The Hall–Kier alpha value is -0.960. The van der Waals surface area contributed by atoms with Crippen molar-refractivity contribution in [2.45, 2.75) is 41.5 Å². The van der Waals surface area contributed by atoms with Crippen molar-refractivity contribution >= 4 is 0 Å². The van der Waals surface area contributed by atoms with Crippen LogP contribution >= 0.6 is 0 Å². The molecule has 84 valence electrons. The minimum absolute atomic E-state index is 1.15. The van der Waals surface area contributed by atoms with Gasteiger partial charge in [-0.05, 0) is 6.20 Å². The summed E-state index contributed by atoms with van der Waals surface area (Å²) in [6.07, 6.45) is 2.40. The Morgan fingerprint density at radius 3 is 1.00 bits per heavy atom.